The van der Waals surface area contributed by atoms with E-state index in [0.717, 1.165) is 12.1 Å². The summed E-state index contributed by atoms with van der Waals surface area (Å²) in [5.74, 6) is 0. The largest absolute Gasteiger partial charge is 0.415 e. The summed E-state index contributed by atoms with van der Waals surface area (Å²) >= 11 is 4.63. The second kappa shape index (κ2) is 4.46. The van der Waals surface area contributed by atoms with Crippen molar-refractivity contribution in [3.05, 3.63) is 35.9 Å². The summed E-state index contributed by atoms with van der Waals surface area (Å²) in [5.41, 5.74) is -5.96. The van der Waals surface area contributed by atoms with Crippen LogP contribution in [0.1, 0.15) is 5.56 Å². The third-order valence-corrected chi connectivity index (χ3v) is 2.64. The van der Waals surface area contributed by atoms with Crippen molar-refractivity contribution < 1.29 is 31.1 Å². The Morgan fingerprint density at radius 3 is 1.56 bits per heavy atom. The Kier molecular flexibility index (Phi) is 3.67. The molecule has 0 spiro atoms. The molecule has 0 aliphatic rings. The van der Waals surface area contributed by atoms with Crippen LogP contribution in [0.2, 0.25) is 0 Å². The van der Waals surface area contributed by atoms with E-state index in [1.54, 1.807) is 0 Å². The van der Waals surface area contributed by atoms with Gasteiger partial charge in [0, 0.05) is 0 Å². The Hall–Kier alpha value is -1.24. The molecule has 0 aromatic heterocycles. The zero-order valence-electron chi connectivity index (χ0n) is 8.44. The Bertz CT molecular complexity index is 422. The number of rotatable bonds is 2. The molecule has 0 N–H and O–H groups in total. The maximum absolute atomic E-state index is 12.8. The Morgan fingerprint density at radius 1 is 0.889 bits per heavy atom. The van der Waals surface area contributed by atoms with Gasteiger partial charge in [-0.05, 0) is 17.2 Å². The van der Waals surface area contributed by atoms with Gasteiger partial charge in [0.2, 0.25) is 0 Å². The Morgan fingerprint density at radius 2 is 1.28 bits per heavy atom. The van der Waals surface area contributed by atoms with Crippen LogP contribution in [0.5, 0.6) is 0 Å². The minimum Gasteiger partial charge on any atom is -0.280 e. The fraction of sp³-hybridized carbons (Fsp3) is 0.300. The van der Waals surface area contributed by atoms with Crippen LogP contribution in [-0.2, 0) is 10.2 Å². The molecule has 1 rings (SSSR count). The van der Waals surface area contributed by atoms with Crippen molar-refractivity contribution in [1.82, 2.24) is 0 Å². The van der Waals surface area contributed by atoms with Crippen molar-refractivity contribution in [1.29, 1.82) is 0 Å². The fourth-order valence-electron chi connectivity index (χ4n) is 1.51. The zero-order chi connectivity index (χ0) is 14.2. The molecule has 0 bridgehead atoms. The van der Waals surface area contributed by atoms with Crippen molar-refractivity contribution in [3.8, 4) is 0 Å². The van der Waals surface area contributed by atoms with Crippen molar-refractivity contribution in [3.63, 3.8) is 0 Å². The first-order chi connectivity index (χ1) is 8.05. The van der Waals surface area contributed by atoms with E-state index in [1.807, 2.05) is 0 Å². The number of alkyl halides is 6. The second-order valence-electron chi connectivity index (χ2n) is 3.39. The number of carbonyl (C=O) groups is 1. The summed E-state index contributed by atoms with van der Waals surface area (Å²) in [4.78, 5) is 10.9. The molecule has 8 heteroatoms. The topological polar surface area (TPSA) is 17.1 Å². The Labute approximate surface area is 102 Å². The van der Waals surface area contributed by atoms with Crippen LogP contribution in [0, 0.1) is 0 Å². The molecule has 1 aromatic carbocycles. The van der Waals surface area contributed by atoms with E-state index in [0.29, 0.717) is 12.1 Å². The summed E-state index contributed by atoms with van der Waals surface area (Å²) in [6.45, 7) is 0. The maximum Gasteiger partial charge on any atom is 0.415 e. The third kappa shape index (κ3) is 2.07. The van der Waals surface area contributed by atoms with E-state index in [-0.39, 0.29) is 0 Å². The molecule has 0 aliphatic carbocycles. The molecule has 100 valence electrons. The summed E-state index contributed by atoms with van der Waals surface area (Å²) in [6.07, 6.45) is -11.8. The second-order valence-corrected chi connectivity index (χ2v) is 3.73. The molecule has 1 aromatic rings. The fourth-order valence-corrected chi connectivity index (χ4v) is 1.84. The molecule has 0 aliphatic heterocycles. The first kappa shape index (κ1) is 14.8. The van der Waals surface area contributed by atoms with Crippen LogP contribution in [0.15, 0.2) is 30.3 Å². The van der Waals surface area contributed by atoms with Gasteiger partial charge in [-0.3, -0.25) is 4.79 Å². The molecule has 0 heterocycles. The highest BCUT2D eigenvalue weighted by Gasteiger charge is 2.75. The van der Waals surface area contributed by atoms with Crippen LogP contribution in [0.3, 0.4) is 0 Å². The molecular weight excluding hydrogens is 286 g/mol. The van der Waals surface area contributed by atoms with E-state index in [4.69, 9.17) is 0 Å². The van der Waals surface area contributed by atoms with Gasteiger partial charge in [-0.15, -0.1) is 0 Å². The standard InChI is InChI=1S/C10H5ClF6O/c11-7(18)8(9(12,13)14,10(15,16)17)6-4-2-1-3-5-6/h1-5H. The minimum absolute atomic E-state index is 0.557. The summed E-state index contributed by atoms with van der Waals surface area (Å²) in [5, 5.41) is -2.53. The van der Waals surface area contributed by atoms with Gasteiger partial charge in [-0.25, -0.2) is 0 Å². The third-order valence-electron chi connectivity index (χ3n) is 2.35. The SMILES string of the molecule is O=C(Cl)C(c1ccccc1)(C(F)(F)F)C(F)(F)F. The van der Waals surface area contributed by atoms with Crippen LogP contribution < -0.4 is 0 Å². The molecule has 18 heavy (non-hydrogen) atoms. The summed E-state index contributed by atoms with van der Waals surface area (Å²) in [7, 11) is 0. The van der Waals surface area contributed by atoms with Gasteiger partial charge in [-0.1, -0.05) is 30.3 Å². The van der Waals surface area contributed by atoms with Crippen molar-refractivity contribution in [2.24, 2.45) is 0 Å². The molecule has 0 amide bonds. The monoisotopic (exact) mass is 290 g/mol. The van der Waals surface area contributed by atoms with Crippen LogP contribution in [-0.4, -0.2) is 17.6 Å². The average molecular weight is 291 g/mol. The predicted octanol–water partition coefficient (Wildman–Crippen LogP) is 3.81. The first-order valence-corrected chi connectivity index (χ1v) is 4.82. The predicted molar refractivity (Wildman–Crippen MR) is 51.1 cm³/mol. The van der Waals surface area contributed by atoms with Gasteiger partial charge < -0.3 is 0 Å². The maximum atomic E-state index is 12.8. The molecule has 0 atom stereocenters. The van der Waals surface area contributed by atoms with Crippen LogP contribution in [0.4, 0.5) is 26.3 Å². The number of halogens is 7. The highest BCUT2D eigenvalue weighted by atomic mass is 35.5. The van der Waals surface area contributed by atoms with E-state index in [9.17, 15) is 31.1 Å². The van der Waals surface area contributed by atoms with Gasteiger partial charge in [0.05, 0.1) is 0 Å². The quantitative estimate of drug-likeness (QED) is 0.598. The van der Waals surface area contributed by atoms with Gasteiger partial charge in [0.25, 0.3) is 10.7 Å². The first-order valence-electron chi connectivity index (χ1n) is 4.44. The lowest BCUT2D eigenvalue weighted by atomic mass is 9.80. The molecule has 0 fully saturated rings. The number of carbonyl (C=O) groups excluding carboxylic acids is 1. The Balaban J connectivity index is 3.67. The summed E-state index contributed by atoms with van der Waals surface area (Å²) in [6, 6.07) is 4.25. The van der Waals surface area contributed by atoms with E-state index >= 15 is 0 Å². The highest BCUT2D eigenvalue weighted by Crippen LogP contribution is 2.53. The van der Waals surface area contributed by atoms with Crippen molar-refractivity contribution in [2.75, 3.05) is 0 Å². The number of hydrogen-bond acceptors (Lipinski definition) is 1. The number of benzene rings is 1. The lowest BCUT2D eigenvalue weighted by Crippen LogP contribution is -2.58. The average Bonchev–Trinajstić information content (AvgIpc) is 2.14. The zero-order valence-corrected chi connectivity index (χ0v) is 9.20. The molecule has 0 saturated heterocycles. The van der Waals surface area contributed by atoms with E-state index in [1.165, 1.54) is 6.07 Å². The molecule has 0 radical (unpaired) electrons. The van der Waals surface area contributed by atoms with Crippen molar-refractivity contribution >= 4 is 16.8 Å². The normalized spacial score (nSPS) is 13.5. The van der Waals surface area contributed by atoms with Gasteiger partial charge >= 0.3 is 12.4 Å². The van der Waals surface area contributed by atoms with E-state index < -0.39 is 28.6 Å². The molecular formula is C10H5ClF6O. The van der Waals surface area contributed by atoms with Crippen LogP contribution >= 0.6 is 11.6 Å². The highest BCUT2D eigenvalue weighted by molar-refractivity contribution is 6.65. The van der Waals surface area contributed by atoms with E-state index in [2.05, 4.69) is 11.6 Å². The van der Waals surface area contributed by atoms with Gasteiger partial charge in [-0.2, -0.15) is 26.3 Å². The van der Waals surface area contributed by atoms with Crippen molar-refractivity contribution in [2.45, 2.75) is 17.8 Å². The number of hydrogen-bond donors (Lipinski definition) is 0. The van der Waals surface area contributed by atoms with Gasteiger partial charge in [0.15, 0.2) is 0 Å². The smallest absolute Gasteiger partial charge is 0.280 e. The summed E-state index contributed by atoms with van der Waals surface area (Å²) < 4.78 is 76.7. The molecule has 0 unspecified atom stereocenters. The molecule has 1 nitrogen and oxygen atoms in total. The lowest BCUT2D eigenvalue weighted by Gasteiger charge is -2.34. The molecule has 0 saturated carbocycles. The minimum atomic E-state index is -5.88. The van der Waals surface area contributed by atoms with Crippen LogP contribution in [0.25, 0.3) is 0 Å². The lowest BCUT2D eigenvalue weighted by molar-refractivity contribution is -0.288. The van der Waals surface area contributed by atoms with Gasteiger partial charge in [0.1, 0.15) is 0 Å².